The van der Waals surface area contributed by atoms with E-state index in [0.717, 1.165) is 18.4 Å². The molecule has 0 aliphatic heterocycles. The smallest absolute Gasteiger partial charge is 0.408 e. The van der Waals surface area contributed by atoms with Gasteiger partial charge in [0.05, 0.1) is 13.2 Å². The van der Waals surface area contributed by atoms with E-state index in [-0.39, 0.29) is 13.0 Å². The highest BCUT2D eigenvalue weighted by molar-refractivity contribution is 6.16. The minimum atomic E-state index is -2.33. The molecule has 2 aromatic carbocycles. The van der Waals surface area contributed by atoms with Gasteiger partial charge in [-0.1, -0.05) is 94.8 Å². The first kappa shape index (κ1) is 41.4. The minimum Gasteiger partial charge on any atom is -0.467 e. The highest BCUT2D eigenvalue weighted by Crippen LogP contribution is 2.28. The van der Waals surface area contributed by atoms with Crippen molar-refractivity contribution in [3.63, 3.8) is 0 Å². The molecule has 13 nitrogen and oxygen atoms in total. The fourth-order valence-corrected chi connectivity index (χ4v) is 5.53. The summed E-state index contributed by atoms with van der Waals surface area (Å²) in [5, 5.41) is 8.18. The molecule has 0 fully saturated rings. The van der Waals surface area contributed by atoms with Crippen LogP contribution in [-0.2, 0) is 46.5 Å². The van der Waals surface area contributed by atoms with Gasteiger partial charge in [-0.15, -0.1) is 0 Å². The predicted molar refractivity (Wildman–Crippen MR) is 188 cm³/mol. The second kappa shape index (κ2) is 20.0. The van der Waals surface area contributed by atoms with Crippen molar-refractivity contribution in [3.05, 3.63) is 71.8 Å². The molecule has 0 bridgehead atoms. The van der Waals surface area contributed by atoms with Crippen LogP contribution in [0, 0.1) is 11.8 Å². The molecule has 0 aliphatic carbocycles. The Bertz CT molecular complexity index is 1440. The van der Waals surface area contributed by atoms with Crippen LogP contribution in [0.4, 0.5) is 4.79 Å². The van der Waals surface area contributed by atoms with Gasteiger partial charge in [-0.05, 0) is 56.1 Å². The van der Waals surface area contributed by atoms with Crippen LogP contribution >= 0.6 is 0 Å². The molecule has 4 atom stereocenters. The van der Waals surface area contributed by atoms with E-state index in [1.54, 1.807) is 52.0 Å². The maximum Gasteiger partial charge on any atom is 0.408 e. The largest absolute Gasteiger partial charge is 0.467 e. The zero-order valence-corrected chi connectivity index (χ0v) is 30.2. The standard InChI is InChI=1S/C37H53N5O8/c1-24(2)31(34(46)49-7)41-35(47)37(25(3)4,42(38)30(43)22-16-10-13-19-28-17-11-8-12-18-28)32(44)26(5)39-33(45)27(6)40-36(48)50-23-29-20-14-9-15-21-29/h8-9,11-12,14-15,17-18,20-21,24-27,31H,10,13,16,19,22-23,38H2,1-7H3,(H,39,45)(H,40,48)(H,41,47)/t26-,27-,31-,37+/m0/s1. The van der Waals surface area contributed by atoms with E-state index in [0.29, 0.717) is 17.9 Å². The zero-order valence-electron chi connectivity index (χ0n) is 30.2. The van der Waals surface area contributed by atoms with Gasteiger partial charge in [0, 0.05) is 6.42 Å². The number of alkyl carbamates (subject to hydrolysis) is 1. The van der Waals surface area contributed by atoms with E-state index < -0.39 is 71.1 Å². The zero-order chi connectivity index (χ0) is 37.4. The van der Waals surface area contributed by atoms with Gasteiger partial charge in [0.15, 0.2) is 11.3 Å². The second-order valence-electron chi connectivity index (χ2n) is 13.0. The number of ketones is 1. The third-order valence-electron chi connectivity index (χ3n) is 8.51. The molecular weight excluding hydrogens is 642 g/mol. The number of amides is 4. The van der Waals surface area contributed by atoms with E-state index in [4.69, 9.17) is 15.3 Å². The molecule has 0 spiro atoms. The fraction of sp³-hybridized carbons (Fsp3) is 0.514. The summed E-state index contributed by atoms with van der Waals surface area (Å²) in [6, 6.07) is 15.2. The quantitative estimate of drug-likeness (QED) is 0.0426. The van der Waals surface area contributed by atoms with Crippen molar-refractivity contribution in [2.75, 3.05) is 7.11 Å². The van der Waals surface area contributed by atoms with E-state index >= 15 is 0 Å². The van der Waals surface area contributed by atoms with Gasteiger partial charge in [-0.25, -0.2) is 15.4 Å². The number of hydrogen-bond acceptors (Lipinski definition) is 9. The second-order valence-corrected chi connectivity index (χ2v) is 13.0. The Morgan fingerprint density at radius 3 is 1.88 bits per heavy atom. The van der Waals surface area contributed by atoms with Gasteiger partial charge in [0.1, 0.15) is 18.7 Å². The van der Waals surface area contributed by atoms with Gasteiger partial charge >= 0.3 is 12.1 Å². The Morgan fingerprint density at radius 1 is 0.760 bits per heavy atom. The number of unbranched alkanes of at least 4 members (excludes halogenated alkanes) is 2. The lowest BCUT2D eigenvalue weighted by molar-refractivity contribution is -0.162. The predicted octanol–water partition coefficient (Wildman–Crippen LogP) is 3.59. The van der Waals surface area contributed by atoms with Crippen molar-refractivity contribution in [2.24, 2.45) is 17.7 Å². The molecule has 0 saturated carbocycles. The molecule has 0 unspecified atom stereocenters. The summed E-state index contributed by atoms with van der Waals surface area (Å²) < 4.78 is 10.1. The Hall–Kier alpha value is -4.78. The number of Topliss-reactive ketones (excluding diaryl/α,β-unsaturated/α-hetero) is 1. The van der Waals surface area contributed by atoms with Gasteiger partial charge in [0.25, 0.3) is 5.91 Å². The van der Waals surface area contributed by atoms with Crippen molar-refractivity contribution >= 4 is 35.6 Å². The first-order valence-electron chi connectivity index (χ1n) is 17.0. The Morgan fingerprint density at radius 2 is 1.34 bits per heavy atom. The molecule has 0 heterocycles. The number of hydrogen-bond donors (Lipinski definition) is 4. The number of esters is 1. The summed E-state index contributed by atoms with van der Waals surface area (Å²) in [7, 11) is 1.17. The van der Waals surface area contributed by atoms with E-state index in [1.807, 2.05) is 36.4 Å². The van der Waals surface area contributed by atoms with Crippen molar-refractivity contribution in [1.29, 1.82) is 0 Å². The SMILES string of the molecule is COC(=O)[C@@H](NC(=O)[C@](C(=O)[C@H](C)NC(=O)[C@H](C)NC(=O)OCc1ccccc1)(C(C)C)N(N)C(=O)CCCCCc1ccccc1)C(C)C. The number of nitrogens with zero attached hydrogens (tertiary/aromatic N) is 1. The van der Waals surface area contributed by atoms with Crippen LogP contribution < -0.4 is 21.8 Å². The van der Waals surface area contributed by atoms with Crippen LogP contribution in [-0.4, -0.2) is 71.4 Å². The topological polar surface area (TPSA) is 186 Å². The number of aryl methyl sites for hydroxylation is 1. The highest BCUT2D eigenvalue weighted by Gasteiger charge is 2.56. The van der Waals surface area contributed by atoms with Crippen LogP contribution in [0.25, 0.3) is 0 Å². The summed E-state index contributed by atoms with van der Waals surface area (Å²) >= 11 is 0. The van der Waals surface area contributed by atoms with E-state index in [2.05, 4.69) is 16.0 Å². The number of nitrogens with one attached hydrogen (secondary N) is 3. The van der Waals surface area contributed by atoms with Crippen molar-refractivity contribution < 1.29 is 38.2 Å². The molecule has 0 aliphatic rings. The van der Waals surface area contributed by atoms with Crippen molar-refractivity contribution in [2.45, 2.75) is 104 Å². The number of carbonyl (C=O) groups is 6. The molecule has 50 heavy (non-hydrogen) atoms. The lowest BCUT2D eigenvalue weighted by Crippen LogP contribution is -2.74. The summed E-state index contributed by atoms with van der Waals surface area (Å²) in [5.74, 6) is 1.07. The van der Waals surface area contributed by atoms with Gasteiger partial charge in [-0.3, -0.25) is 24.2 Å². The molecule has 0 saturated heterocycles. The van der Waals surface area contributed by atoms with Crippen molar-refractivity contribution in [1.82, 2.24) is 21.0 Å². The van der Waals surface area contributed by atoms with E-state index in [1.165, 1.54) is 26.5 Å². The van der Waals surface area contributed by atoms with Crippen LogP contribution in [0.2, 0.25) is 0 Å². The maximum atomic E-state index is 14.4. The number of carbonyl (C=O) groups excluding carboxylic acids is 6. The summed E-state index contributed by atoms with van der Waals surface area (Å²) in [4.78, 5) is 80.3. The molecular formula is C37H53N5O8. The maximum absolute atomic E-state index is 14.4. The molecule has 5 N–H and O–H groups in total. The lowest BCUT2D eigenvalue weighted by atomic mass is 9.77. The van der Waals surface area contributed by atoms with Crippen LogP contribution in [0.15, 0.2) is 60.7 Å². The average Bonchev–Trinajstić information content (AvgIpc) is 3.09. The number of rotatable bonds is 19. The number of nitrogens with two attached hydrogens (primary N) is 1. The van der Waals surface area contributed by atoms with Gasteiger partial charge < -0.3 is 25.4 Å². The lowest BCUT2D eigenvalue weighted by Gasteiger charge is -2.43. The molecule has 2 aromatic rings. The monoisotopic (exact) mass is 695 g/mol. The van der Waals surface area contributed by atoms with E-state index in [9.17, 15) is 28.8 Å². The number of methoxy groups -OCH3 is 1. The molecule has 2 rings (SSSR count). The van der Waals surface area contributed by atoms with Crippen LogP contribution in [0.5, 0.6) is 0 Å². The van der Waals surface area contributed by atoms with Crippen molar-refractivity contribution in [3.8, 4) is 0 Å². The summed E-state index contributed by atoms with van der Waals surface area (Å²) in [5.41, 5.74) is -0.405. The molecule has 0 aromatic heterocycles. The fourth-order valence-electron chi connectivity index (χ4n) is 5.53. The third kappa shape index (κ3) is 11.4. The highest BCUT2D eigenvalue weighted by atomic mass is 16.5. The Labute approximate surface area is 295 Å². The minimum absolute atomic E-state index is 0.0156. The summed E-state index contributed by atoms with van der Waals surface area (Å²) in [6.07, 6.45) is 1.91. The number of hydrazine groups is 1. The summed E-state index contributed by atoms with van der Waals surface area (Å²) in [6.45, 7) is 9.21. The first-order chi connectivity index (χ1) is 23.7. The van der Waals surface area contributed by atoms with Gasteiger partial charge in [-0.2, -0.15) is 0 Å². The molecule has 4 amide bonds. The Kier molecular flexibility index (Phi) is 16.6. The normalized spacial score (nSPS) is 14.0. The van der Waals surface area contributed by atoms with Crippen LogP contribution in [0.3, 0.4) is 0 Å². The number of benzene rings is 2. The molecule has 13 heteroatoms. The van der Waals surface area contributed by atoms with Crippen LogP contribution in [0.1, 0.15) is 78.4 Å². The Balaban J connectivity index is 2.25. The molecule has 0 radical (unpaired) electrons. The van der Waals surface area contributed by atoms with Gasteiger partial charge in [0.2, 0.25) is 11.8 Å². The number of ether oxygens (including phenoxy) is 2. The molecule has 274 valence electrons. The average molecular weight is 696 g/mol. The third-order valence-corrected chi connectivity index (χ3v) is 8.51. The first-order valence-corrected chi connectivity index (χ1v) is 17.0.